The summed E-state index contributed by atoms with van der Waals surface area (Å²) >= 11 is 10.5. The maximum absolute atomic E-state index is 11.7. The highest BCUT2D eigenvalue weighted by atomic mass is 35.5. The van der Waals surface area contributed by atoms with E-state index in [2.05, 4.69) is 0 Å². The maximum atomic E-state index is 11.7. The van der Waals surface area contributed by atoms with Gasteiger partial charge in [-0.25, -0.2) is 0 Å². The molecule has 0 aliphatic rings. The maximum Gasteiger partial charge on any atom is 0.203 e. The predicted octanol–water partition coefficient (Wildman–Crippen LogP) is 8.72. The average Bonchev–Trinajstić information content (AvgIpc) is 2.65. The number of hydrogen-bond donors (Lipinski definition) is 0. The molecule has 198 valence electrons. The molecule has 0 radical (unpaired) electrons. The third kappa shape index (κ3) is 38.1. The average molecular weight is 561 g/mol. The van der Waals surface area contributed by atoms with Gasteiger partial charge in [-0.3, -0.25) is 9.13 Å². The number of alkyl halides is 2. The van der Waals surface area contributed by atoms with Crippen molar-refractivity contribution in [3.05, 3.63) is 24.3 Å². The Morgan fingerprint density at radius 1 is 0.688 bits per heavy atom. The fraction of sp³-hybridized carbons (Fsp3) is 0.810. The molecule has 0 aliphatic carbocycles. The molecule has 0 aromatic rings. The lowest BCUT2D eigenvalue weighted by Gasteiger charge is -2.11. The molecule has 0 aliphatic heterocycles. The molecule has 32 heavy (non-hydrogen) atoms. The second-order valence-electron chi connectivity index (χ2n) is 5.76. The van der Waals surface area contributed by atoms with Crippen LogP contribution in [0, 0.1) is 0 Å². The van der Waals surface area contributed by atoms with Crippen LogP contribution in [0.1, 0.15) is 42.5 Å². The smallest absolute Gasteiger partial charge is 0.203 e. The number of allylic oxidation sites excluding steroid dienone is 4. The quantitative estimate of drug-likeness (QED) is 0.120. The molecule has 0 rings (SSSR count). The van der Waals surface area contributed by atoms with Crippen molar-refractivity contribution in [2.75, 3.05) is 70.5 Å². The summed E-state index contributed by atoms with van der Waals surface area (Å²) < 4.78 is 43.9. The highest BCUT2D eigenvalue weighted by Crippen LogP contribution is 2.44. The largest absolute Gasteiger partial charge is 0.335 e. The Morgan fingerprint density at radius 2 is 1.00 bits per heavy atom. The monoisotopic (exact) mass is 560 g/mol. The zero-order chi connectivity index (χ0) is 23.9. The van der Waals surface area contributed by atoms with E-state index >= 15 is 0 Å². The van der Waals surface area contributed by atoms with Crippen LogP contribution in [-0.2, 0) is 27.2 Å². The molecule has 0 spiro atoms. The van der Waals surface area contributed by atoms with Crippen molar-refractivity contribution in [1.82, 2.24) is 0 Å². The van der Waals surface area contributed by atoms with Crippen LogP contribution in [0.5, 0.6) is 0 Å². The third-order valence-corrected chi connectivity index (χ3v) is 7.77. The van der Waals surface area contributed by atoms with Crippen molar-refractivity contribution < 1.29 is 27.2 Å². The third-order valence-electron chi connectivity index (χ3n) is 2.81. The second kappa shape index (κ2) is 29.8. The van der Waals surface area contributed by atoms with Gasteiger partial charge < -0.3 is 18.1 Å². The highest BCUT2D eigenvalue weighted by Gasteiger charge is 2.14. The van der Waals surface area contributed by atoms with Gasteiger partial charge in [-0.2, -0.15) is 0 Å². The molecule has 0 aromatic heterocycles. The Bertz CT molecular complexity index is 478. The lowest BCUT2D eigenvalue weighted by Crippen LogP contribution is -1.93. The molecule has 0 bridgehead atoms. The van der Waals surface area contributed by atoms with Crippen molar-refractivity contribution in [3.63, 3.8) is 0 Å². The Morgan fingerprint density at radius 3 is 1.22 bits per heavy atom. The van der Waals surface area contributed by atoms with Crippen molar-refractivity contribution in [1.29, 1.82) is 0 Å². The van der Waals surface area contributed by atoms with Crippen LogP contribution >= 0.6 is 46.3 Å². The minimum absolute atomic E-state index is 0. The predicted molar refractivity (Wildman–Crippen MR) is 149 cm³/mol. The number of halogens is 2. The lowest BCUT2D eigenvalue weighted by molar-refractivity contribution is 0.274. The van der Waals surface area contributed by atoms with Crippen molar-refractivity contribution in [2.45, 2.75) is 42.5 Å². The molecular weight excluding hydrogens is 512 g/mol. The van der Waals surface area contributed by atoms with E-state index in [9.17, 15) is 9.13 Å². The summed E-state index contributed by atoms with van der Waals surface area (Å²) in [6.07, 6.45) is 7.90. The first-order valence-electron chi connectivity index (χ1n) is 9.89. The normalized spacial score (nSPS) is 14.3. The van der Waals surface area contributed by atoms with Crippen LogP contribution in [0.2, 0.25) is 0 Å². The summed E-state index contributed by atoms with van der Waals surface area (Å²) in [5, 5.41) is 0. The molecule has 0 heterocycles. The molecule has 0 aromatic carbocycles. The Balaban J connectivity index is -0.000000128. The molecule has 0 amide bonds. The Kier molecular flexibility index (Phi) is 40.0. The summed E-state index contributed by atoms with van der Waals surface area (Å²) in [6.45, 7) is 15.1. The number of hydrogen-bond acceptors (Lipinski definition) is 6. The van der Waals surface area contributed by atoms with Crippen LogP contribution in [0.4, 0.5) is 0 Å². The van der Waals surface area contributed by atoms with Gasteiger partial charge in [0.15, 0.2) is 8.38 Å². The summed E-state index contributed by atoms with van der Waals surface area (Å²) in [5.41, 5.74) is 0. The van der Waals surface area contributed by atoms with Crippen LogP contribution < -0.4 is 0 Å². The molecule has 0 fully saturated rings. The van der Waals surface area contributed by atoms with E-state index in [4.69, 9.17) is 41.3 Å². The molecule has 2 unspecified atom stereocenters. The minimum Gasteiger partial charge on any atom is -0.335 e. The van der Waals surface area contributed by atoms with Gasteiger partial charge in [0.2, 0.25) is 14.7 Å². The van der Waals surface area contributed by atoms with E-state index in [0.29, 0.717) is 37.3 Å². The van der Waals surface area contributed by atoms with E-state index in [-0.39, 0.29) is 14.9 Å². The first-order valence-corrected chi connectivity index (χ1v) is 17.1. The summed E-state index contributed by atoms with van der Waals surface area (Å²) in [4.78, 5) is 0. The zero-order valence-corrected chi connectivity index (χ0v) is 23.7. The van der Waals surface area contributed by atoms with Crippen LogP contribution in [-0.4, -0.2) is 70.5 Å². The summed E-state index contributed by atoms with van der Waals surface area (Å²) in [6, 6.07) is 0. The van der Waals surface area contributed by atoms with E-state index in [1.54, 1.807) is 25.5 Å². The van der Waals surface area contributed by atoms with Crippen molar-refractivity contribution in [2.24, 2.45) is 0 Å². The molecule has 2 atom stereocenters. The first kappa shape index (κ1) is 42.9. The molecule has 11 heteroatoms. The topological polar surface area (TPSA) is 71.1 Å². The SMILES string of the molecule is C.C.CCOP(C)(=O)C/C=C/CP(C)(=O)OCC.CCOP(C)OCC.ClC/C=C/CCl. The lowest BCUT2D eigenvalue weighted by atomic mass is 10.6. The fourth-order valence-electron chi connectivity index (χ4n) is 1.71. The highest BCUT2D eigenvalue weighted by molar-refractivity contribution is 7.58. The van der Waals surface area contributed by atoms with Gasteiger partial charge in [-0.1, -0.05) is 39.2 Å². The van der Waals surface area contributed by atoms with E-state index in [0.717, 1.165) is 13.2 Å². The zero-order valence-electron chi connectivity index (χ0n) is 19.5. The van der Waals surface area contributed by atoms with Gasteiger partial charge in [-0.15, -0.1) is 23.2 Å². The van der Waals surface area contributed by atoms with E-state index in [1.165, 1.54) is 0 Å². The van der Waals surface area contributed by atoms with E-state index < -0.39 is 23.1 Å². The van der Waals surface area contributed by atoms with Gasteiger partial charge in [0, 0.05) is 44.1 Å². The Hall–Kier alpha value is 0.790. The second-order valence-corrected chi connectivity index (χ2v) is 13.1. The van der Waals surface area contributed by atoms with Crippen LogP contribution in [0.25, 0.3) is 0 Å². The van der Waals surface area contributed by atoms with Gasteiger partial charge in [-0.05, 0) is 27.7 Å². The van der Waals surface area contributed by atoms with Crippen LogP contribution in [0.15, 0.2) is 24.3 Å². The van der Waals surface area contributed by atoms with Gasteiger partial charge in [0.05, 0.1) is 26.4 Å². The van der Waals surface area contributed by atoms with Crippen LogP contribution in [0.3, 0.4) is 0 Å². The minimum atomic E-state index is -2.51. The fourth-order valence-corrected chi connectivity index (χ4v) is 5.13. The molecule has 0 saturated heterocycles. The van der Waals surface area contributed by atoms with E-state index in [1.807, 2.05) is 46.5 Å². The van der Waals surface area contributed by atoms with Gasteiger partial charge in [0.25, 0.3) is 0 Å². The molecule has 6 nitrogen and oxygen atoms in total. The summed E-state index contributed by atoms with van der Waals surface area (Å²) in [7, 11) is -5.60. The molecule has 0 saturated carbocycles. The standard InChI is InChI=1S/C10H22O4P2.C5H13O2P.C4H6Cl2.2CH4/c1-5-13-15(3,11)9-7-8-10-16(4,12)14-6-2;1-4-6-8(3)7-5-2;5-3-1-2-4-6;;/h7-8H,5-6,9-10H2,1-4H3;4-5H2,1-3H3;1-2H,3-4H2;2*1H4/b8-7+;;2-1+;;. The Labute approximate surface area is 210 Å². The van der Waals surface area contributed by atoms with Crippen molar-refractivity contribution >= 4 is 46.3 Å². The summed E-state index contributed by atoms with van der Waals surface area (Å²) in [5.74, 6) is 1.12. The van der Waals surface area contributed by atoms with Gasteiger partial charge in [0.1, 0.15) is 0 Å². The first-order chi connectivity index (χ1) is 14.1. The van der Waals surface area contributed by atoms with Crippen molar-refractivity contribution in [3.8, 4) is 0 Å². The number of rotatable bonds is 14. The molecular formula is C21H49Cl2O6P3. The molecule has 0 N–H and O–H groups in total. The van der Waals surface area contributed by atoms with Gasteiger partial charge >= 0.3 is 0 Å².